The summed E-state index contributed by atoms with van der Waals surface area (Å²) in [6.07, 6.45) is 1.88. The van der Waals surface area contributed by atoms with E-state index in [1.54, 1.807) is 0 Å². The van der Waals surface area contributed by atoms with Gasteiger partial charge >= 0.3 is 0 Å². The van der Waals surface area contributed by atoms with Crippen LogP contribution in [0.5, 0.6) is 0 Å². The first-order valence-corrected chi connectivity index (χ1v) is 6.33. The molecule has 0 heterocycles. The SMILES string of the molecule is Cc1ccc(CCN(C)C(C)(C)CCO)cc1. The Morgan fingerprint density at radius 1 is 1.18 bits per heavy atom. The van der Waals surface area contributed by atoms with E-state index >= 15 is 0 Å². The molecule has 0 saturated heterocycles. The van der Waals surface area contributed by atoms with Gasteiger partial charge in [-0.3, -0.25) is 0 Å². The second-order valence-electron chi connectivity index (χ2n) is 5.44. The molecule has 1 rings (SSSR count). The molecule has 0 fully saturated rings. The molecule has 17 heavy (non-hydrogen) atoms. The molecular formula is C15H25NO. The molecule has 2 nitrogen and oxygen atoms in total. The highest BCUT2D eigenvalue weighted by molar-refractivity contribution is 5.21. The van der Waals surface area contributed by atoms with Crippen LogP contribution in [0.1, 0.15) is 31.4 Å². The molecule has 96 valence electrons. The van der Waals surface area contributed by atoms with Crippen molar-refractivity contribution in [3.63, 3.8) is 0 Å². The number of benzene rings is 1. The van der Waals surface area contributed by atoms with Crippen molar-refractivity contribution in [3.05, 3.63) is 35.4 Å². The third-order valence-electron chi connectivity index (χ3n) is 3.61. The minimum Gasteiger partial charge on any atom is -0.396 e. The third-order valence-corrected chi connectivity index (χ3v) is 3.61. The zero-order valence-corrected chi connectivity index (χ0v) is 11.5. The fourth-order valence-corrected chi connectivity index (χ4v) is 1.82. The molecule has 0 unspecified atom stereocenters. The van der Waals surface area contributed by atoms with Crippen LogP contribution in [0.2, 0.25) is 0 Å². The largest absolute Gasteiger partial charge is 0.396 e. The number of hydrogen-bond acceptors (Lipinski definition) is 2. The zero-order valence-electron chi connectivity index (χ0n) is 11.5. The van der Waals surface area contributed by atoms with Crippen LogP contribution >= 0.6 is 0 Å². The van der Waals surface area contributed by atoms with Gasteiger partial charge in [0.2, 0.25) is 0 Å². The number of hydrogen-bond donors (Lipinski definition) is 1. The molecule has 0 bridgehead atoms. The standard InChI is InChI=1S/C15H25NO/c1-13-5-7-14(8-6-13)9-11-16(4)15(2,3)10-12-17/h5-8,17H,9-12H2,1-4H3. The lowest BCUT2D eigenvalue weighted by Gasteiger charge is -2.35. The molecule has 1 aromatic carbocycles. The average Bonchev–Trinajstić information content (AvgIpc) is 2.27. The van der Waals surface area contributed by atoms with Gasteiger partial charge in [-0.25, -0.2) is 0 Å². The summed E-state index contributed by atoms with van der Waals surface area (Å²) in [4.78, 5) is 2.32. The zero-order chi connectivity index (χ0) is 12.9. The topological polar surface area (TPSA) is 23.5 Å². The summed E-state index contributed by atoms with van der Waals surface area (Å²) in [5, 5.41) is 9.04. The average molecular weight is 235 g/mol. The number of aliphatic hydroxyl groups excluding tert-OH is 1. The van der Waals surface area contributed by atoms with Crippen molar-refractivity contribution in [1.82, 2.24) is 4.90 Å². The van der Waals surface area contributed by atoms with Crippen molar-refractivity contribution in [2.75, 3.05) is 20.2 Å². The molecule has 0 radical (unpaired) electrons. The van der Waals surface area contributed by atoms with E-state index in [1.165, 1.54) is 11.1 Å². The summed E-state index contributed by atoms with van der Waals surface area (Å²) in [6.45, 7) is 7.74. The first-order valence-electron chi connectivity index (χ1n) is 6.33. The molecule has 0 aromatic heterocycles. The maximum absolute atomic E-state index is 9.04. The lowest BCUT2D eigenvalue weighted by molar-refractivity contribution is 0.118. The maximum Gasteiger partial charge on any atom is 0.0448 e. The Bertz CT molecular complexity index is 329. The van der Waals surface area contributed by atoms with Gasteiger partial charge in [-0.2, -0.15) is 0 Å². The van der Waals surface area contributed by atoms with E-state index in [4.69, 9.17) is 5.11 Å². The number of rotatable bonds is 6. The first-order chi connectivity index (χ1) is 7.95. The smallest absolute Gasteiger partial charge is 0.0448 e. The molecule has 1 N–H and O–H groups in total. The Hall–Kier alpha value is -0.860. The molecule has 0 aliphatic heterocycles. The van der Waals surface area contributed by atoms with Gasteiger partial charge in [0.05, 0.1) is 0 Å². The predicted octanol–water partition coefficient (Wildman–Crippen LogP) is 2.63. The van der Waals surface area contributed by atoms with E-state index in [0.717, 1.165) is 19.4 Å². The van der Waals surface area contributed by atoms with Crippen LogP contribution in [-0.2, 0) is 6.42 Å². The van der Waals surface area contributed by atoms with E-state index in [2.05, 4.69) is 57.0 Å². The van der Waals surface area contributed by atoms with Gasteiger partial charge in [0.15, 0.2) is 0 Å². The Morgan fingerprint density at radius 3 is 2.29 bits per heavy atom. The molecule has 0 aliphatic carbocycles. The van der Waals surface area contributed by atoms with Crippen molar-refractivity contribution < 1.29 is 5.11 Å². The first kappa shape index (κ1) is 14.2. The summed E-state index contributed by atoms with van der Waals surface area (Å²) in [5.41, 5.74) is 2.75. The number of aryl methyl sites for hydroxylation is 1. The molecule has 0 saturated carbocycles. The van der Waals surface area contributed by atoms with Crippen LogP contribution in [-0.4, -0.2) is 35.7 Å². The van der Waals surface area contributed by atoms with Crippen LogP contribution in [0.15, 0.2) is 24.3 Å². The second-order valence-corrected chi connectivity index (χ2v) is 5.44. The van der Waals surface area contributed by atoms with E-state index in [1.807, 2.05) is 0 Å². The van der Waals surface area contributed by atoms with Crippen LogP contribution < -0.4 is 0 Å². The van der Waals surface area contributed by atoms with Crippen LogP contribution in [0.4, 0.5) is 0 Å². The fourth-order valence-electron chi connectivity index (χ4n) is 1.82. The minimum atomic E-state index is 0.0689. The van der Waals surface area contributed by atoms with E-state index in [9.17, 15) is 0 Å². The minimum absolute atomic E-state index is 0.0689. The predicted molar refractivity (Wildman–Crippen MR) is 73.3 cm³/mol. The van der Waals surface area contributed by atoms with Crippen molar-refractivity contribution in [2.45, 2.75) is 39.2 Å². The van der Waals surface area contributed by atoms with Crippen LogP contribution in [0, 0.1) is 6.92 Å². The highest BCUT2D eigenvalue weighted by atomic mass is 16.3. The fraction of sp³-hybridized carbons (Fsp3) is 0.600. The summed E-state index contributed by atoms with van der Waals surface area (Å²) >= 11 is 0. The summed E-state index contributed by atoms with van der Waals surface area (Å²) in [6, 6.07) is 8.72. The summed E-state index contributed by atoms with van der Waals surface area (Å²) in [5.74, 6) is 0. The van der Waals surface area contributed by atoms with Gasteiger partial charge in [-0.1, -0.05) is 29.8 Å². The lowest BCUT2D eigenvalue weighted by Crippen LogP contribution is -2.42. The summed E-state index contributed by atoms with van der Waals surface area (Å²) < 4.78 is 0. The number of likely N-dealkylation sites (N-methyl/N-ethyl adjacent to an activating group) is 1. The van der Waals surface area contributed by atoms with Crippen molar-refractivity contribution in [2.24, 2.45) is 0 Å². The third kappa shape index (κ3) is 4.49. The van der Waals surface area contributed by atoms with Gasteiger partial charge in [0.1, 0.15) is 0 Å². The van der Waals surface area contributed by atoms with E-state index in [-0.39, 0.29) is 12.1 Å². The van der Waals surface area contributed by atoms with Gasteiger partial charge in [-0.05, 0) is 46.2 Å². The number of nitrogens with zero attached hydrogens (tertiary/aromatic N) is 1. The highest BCUT2D eigenvalue weighted by Gasteiger charge is 2.22. The van der Waals surface area contributed by atoms with Crippen molar-refractivity contribution in [3.8, 4) is 0 Å². The quantitative estimate of drug-likeness (QED) is 0.819. The molecule has 0 atom stereocenters. The van der Waals surface area contributed by atoms with Crippen LogP contribution in [0.3, 0.4) is 0 Å². The molecular weight excluding hydrogens is 210 g/mol. The van der Waals surface area contributed by atoms with E-state index in [0.29, 0.717) is 0 Å². The van der Waals surface area contributed by atoms with Gasteiger partial charge in [0, 0.05) is 18.7 Å². The second kappa shape index (κ2) is 6.18. The Morgan fingerprint density at radius 2 is 1.76 bits per heavy atom. The molecule has 2 heteroatoms. The van der Waals surface area contributed by atoms with E-state index < -0.39 is 0 Å². The Balaban J connectivity index is 2.47. The van der Waals surface area contributed by atoms with Gasteiger partial charge in [0.25, 0.3) is 0 Å². The van der Waals surface area contributed by atoms with Crippen molar-refractivity contribution in [1.29, 1.82) is 0 Å². The normalized spacial score (nSPS) is 12.1. The monoisotopic (exact) mass is 235 g/mol. The van der Waals surface area contributed by atoms with Gasteiger partial charge < -0.3 is 10.0 Å². The Labute approximate surface area is 105 Å². The molecule has 0 amide bonds. The highest BCUT2D eigenvalue weighted by Crippen LogP contribution is 2.17. The number of aliphatic hydroxyl groups is 1. The molecule has 1 aromatic rings. The molecule has 0 spiro atoms. The summed E-state index contributed by atoms with van der Waals surface area (Å²) in [7, 11) is 2.13. The molecule has 0 aliphatic rings. The van der Waals surface area contributed by atoms with Crippen LogP contribution in [0.25, 0.3) is 0 Å². The lowest BCUT2D eigenvalue weighted by atomic mass is 9.98. The van der Waals surface area contributed by atoms with Gasteiger partial charge in [-0.15, -0.1) is 0 Å². The Kier molecular flexibility index (Phi) is 5.16. The maximum atomic E-state index is 9.04. The van der Waals surface area contributed by atoms with Crippen molar-refractivity contribution >= 4 is 0 Å².